The van der Waals surface area contributed by atoms with Crippen molar-refractivity contribution in [3.63, 3.8) is 0 Å². The molecule has 2 amide bonds. The van der Waals surface area contributed by atoms with Crippen LogP contribution in [-0.4, -0.2) is 56.9 Å². The molecule has 1 heterocycles. The number of ether oxygens (including phenoxy) is 1. The van der Waals surface area contributed by atoms with Crippen LogP contribution in [0.4, 0.5) is 4.79 Å². The number of hydrogen-bond acceptors (Lipinski definition) is 3. The summed E-state index contributed by atoms with van der Waals surface area (Å²) in [6.45, 7) is 7.81. The quantitative estimate of drug-likeness (QED) is 0.827. The van der Waals surface area contributed by atoms with Gasteiger partial charge < -0.3 is 15.4 Å². The molecule has 5 nitrogen and oxygen atoms in total. The second-order valence-corrected chi connectivity index (χ2v) is 5.31. The number of carbonyl (C=O) groups is 1. The number of amides is 2. The molecule has 1 aliphatic heterocycles. The van der Waals surface area contributed by atoms with E-state index < -0.39 is 0 Å². The lowest BCUT2D eigenvalue weighted by Gasteiger charge is -2.26. The van der Waals surface area contributed by atoms with Crippen molar-refractivity contribution in [1.82, 2.24) is 15.5 Å². The minimum atomic E-state index is -0.0863. The van der Waals surface area contributed by atoms with Crippen LogP contribution in [0.2, 0.25) is 0 Å². The van der Waals surface area contributed by atoms with Crippen molar-refractivity contribution in [1.29, 1.82) is 0 Å². The maximum atomic E-state index is 11.7. The van der Waals surface area contributed by atoms with Crippen molar-refractivity contribution in [3.8, 4) is 0 Å². The van der Waals surface area contributed by atoms with E-state index in [0.29, 0.717) is 13.1 Å². The zero-order valence-electron chi connectivity index (χ0n) is 12.7. The first-order chi connectivity index (χ1) is 10.3. The summed E-state index contributed by atoms with van der Waals surface area (Å²) in [5, 5.41) is 5.80. The lowest BCUT2D eigenvalue weighted by atomic mass is 10.1. The Morgan fingerprint density at radius 1 is 1.19 bits per heavy atom. The highest BCUT2D eigenvalue weighted by Gasteiger charge is 2.09. The van der Waals surface area contributed by atoms with E-state index in [1.165, 1.54) is 11.1 Å². The molecular formula is C16H25N3O2. The molecule has 2 rings (SSSR count). The fraction of sp³-hybridized carbons (Fsp3) is 0.562. The first-order valence-corrected chi connectivity index (χ1v) is 7.62. The van der Waals surface area contributed by atoms with Gasteiger partial charge in [0.05, 0.1) is 13.2 Å². The second kappa shape index (κ2) is 8.64. The second-order valence-electron chi connectivity index (χ2n) is 5.31. The predicted octanol–water partition coefficient (Wildman–Crippen LogP) is 1.17. The summed E-state index contributed by atoms with van der Waals surface area (Å²) in [5.74, 6) is 0. The van der Waals surface area contributed by atoms with Crippen LogP contribution in [0.25, 0.3) is 0 Å². The van der Waals surface area contributed by atoms with E-state index in [9.17, 15) is 4.79 Å². The Labute approximate surface area is 126 Å². The molecular weight excluding hydrogens is 266 g/mol. The van der Waals surface area contributed by atoms with Crippen molar-refractivity contribution in [2.75, 3.05) is 45.9 Å². The molecule has 0 atom stereocenters. The molecule has 1 saturated heterocycles. The van der Waals surface area contributed by atoms with Crippen molar-refractivity contribution >= 4 is 6.03 Å². The summed E-state index contributed by atoms with van der Waals surface area (Å²) in [7, 11) is 0. The topological polar surface area (TPSA) is 53.6 Å². The van der Waals surface area contributed by atoms with Crippen LogP contribution < -0.4 is 10.6 Å². The number of benzene rings is 1. The average Bonchev–Trinajstić information content (AvgIpc) is 2.50. The molecule has 0 aliphatic carbocycles. The van der Waals surface area contributed by atoms with Crippen LogP contribution in [-0.2, 0) is 11.2 Å². The van der Waals surface area contributed by atoms with Crippen LogP contribution in [0.5, 0.6) is 0 Å². The largest absolute Gasteiger partial charge is 0.379 e. The number of hydrogen-bond donors (Lipinski definition) is 2. The Hall–Kier alpha value is -1.59. The smallest absolute Gasteiger partial charge is 0.314 e. The molecule has 5 heteroatoms. The number of nitrogens with zero attached hydrogens (tertiary/aromatic N) is 1. The monoisotopic (exact) mass is 291 g/mol. The van der Waals surface area contributed by atoms with Crippen LogP contribution >= 0.6 is 0 Å². The van der Waals surface area contributed by atoms with Crippen molar-refractivity contribution < 1.29 is 9.53 Å². The highest BCUT2D eigenvalue weighted by Crippen LogP contribution is 2.06. The van der Waals surface area contributed by atoms with Gasteiger partial charge in [-0.15, -0.1) is 0 Å². The minimum Gasteiger partial charge on any atom is -0.379 e. The van der Waals surface area contributed by atoms with Gasteiger partial charge in [0.1, 0.15) is 0 Å². The summed E-state index contributed by atoms with van der Waals surface area (Å²) < 4.78 is 5.29. The van der Waals surface area contributed by atoms with E-state index in [1.54, 1.807) is 0 Å². The van der Waals surface area contributed by atoms with E-state index in [0.717, 1.165) is 39.3 Å². The molecule has 116 valence electrons. The molecule has 1 aromatic carbocycles. The maximum Gasteiger partial charge on any atom is 0.314 e. The molecule has 1 aromatic rings. The molecule has 21 heavy (non-hydrogen) atoms. The number of carbonyl (C=O) groups excluding carboxylic acids is 1. The molecule has 2 N–H and O–H groups in total. The Bertz CT molecular complexity index is 445. The molecule has 0 radical (unpaired) electrons. The van der Waals surface area contributed by atoms with Crippen LogP contribution in [0, 0.1) is 6.92 Å². The molecule has 0 spiro atoms. The third-order valence-electron chi connectivity index (χ3n) is 3.76. The highest BCUT2D eigenvalue weighted by atomic mass is 16.5. The average molecular weight is 291 g/mol. The standard InChI is InChI=1S/C16H25N3O2/c1-14-4-2-3-5-15(14)6-7-17-16(20)18-8-9-19-10-12-21-13-11-19/h2-5H,6-13H2,1H3,(H2,17,18,20). The first-order valence-electron chi connectivity index (χ1n) is 7.62. The van der Waals surface area contributed by atoms with Crippen LogP contribution in [0.3, 0.4) is 0 Å². The number of urea groups is 1. The number of rotatable bonds is 6. The Kier molecular flexibility index (Phi) is 6.50. The fourth-order valence-corrected chi connectivity index (χ4v) is 2.42. The van der Waals surface area contributed by atoms with Gasteiger partial charge in [-0.25, -0.2) is 4.79 Å². The van der Waals surface area contributed by atoms with E-state index in [-0.39, 0.29) is 6.03 Å². The first kappa shape index (κ1) is 15.8. The third kappa shape index (κ3) is 5.73. The lowest BCUT2D eigenvalue weighted by Crippen LogP contribution is -2.44. The SMILES string of the molecule is Cc1ccccc1CCNC(=O)NCCN1CCOCC1. The van der Waals surface area contributed by atoms with Crippen molar-refractivity contribution in [3.05, 3.63) is 35.4 Å². The zero-order valence-corrected chi connectivity index (χ0v) is 12.7. The van der Waals surface area contributed by atoms with Gasteiger partial charge in [-0.1, -0.05) is 24.3 Å². The van der Waals surface area contributed by atoms with Gasteiger partial charge in [-0.2, -0.15) is 0 Å². The van der Waals surface area contributed by atoms with Gasteiger partial charge >= 0.3 is 6.03 Å². The Morgan fingerprint density at radius 3 is 2.67 bits per heavy atom. The van der Waals surface area contributed by atoms with E-state index in [1.807, 2.05) is 12.1 Å². The van der Waals surface area contributed by atoms with E-state index in [2.05, 4.69) is 34.6 Å². The molecule has 0 saturated carbocycles. The van der Waals surface area contributed by atoms with Crippen molar-refractivity contribution in [2.45, 2.75) is 13.3 Å². The third-order valence-corrected chi connectivity index (χ3v) is 3.76. The maximum absolute atomic E-state index is 11.7. The van der Waals surface area contributed by atoms with Crippen LogP contribution in [0.1, 0.15) is 11.1 Å². The molecule has 0 unspecified atom stereocenters. The summed E-state index contributed by atoms with van der Waals surface area (Å²) in [6.07, 6.45) is 0.865. The predicted molar refractivity (Wildman–Crippen MR) is 83.5 cm³/mol. The highest BCUT2D eigenvalue weighted by molar-refractivity contribution is 5.73. The number of morpholine rings is 1. The van der Waals surface area contributed by atoms with Crippen molar-refractivity contribution in [2.24, 2.45) is 0 Å². The van der Waals surface area contributed by atoms with Gasteiger partial charge in [0.2, 0.25) is 0 Å². The molecule has 0 bridgehead atoms. The zero-order chi connectivity index (χ0) is 14.9. The molecule has 1 aliphatic rings. The van der Waals surface area contributed by atoms with Gasteiger partial charge in [-0.3, -0.25) is 4.90 Å². The fourth-order valence-electron chi connectivity index (χ4n) is 2.42. The van der Waals surface area contributed by atoms with E-state index in [4.69, 9.17) is 4.74 Å². The normalized spacial score (nSPS) is 15.7. The Balaban J connectivity index is 1.56. The van der Waals surface area contributed by atoms with Gasteiger partial charge in [0.15, 0.2) is 0 Å². The summed E-state index contributed by atoms with van der Waals surface area (Å²) in [6, 6.07) is 8.18. The summed E-state index contributed by atoms with van der Waals surface area (Å²) in [5.41, 5.74) is 2.55. The van der Waals surface area contributed by atoms with Gasteiger partial charge in [-0.05, 0) is 24.5 Å². The molecule has 0 aromatic heterocycles. The number of nitrogens with one attached hydrogen (secondary N) is 2. The molecule has 1 fully saturated rings. The Morgan fingerprint density at radius 2 is 1.90 bits per heavy atom. The van der Waals surface area contributed by atoms with Gasteiger partial charge in [0.25, 0.3) is 0 Å². The van der Waals surface area contributed by atoms with Crippen LogP contribution in [0.15, 0.2) is 24.3 Å². The minimum absolute atomic E-state index is 0.0863. The lowest BCUT2D eigenvalue weighted by molar-refractivity contribution is 0.0387. The summed E-state index contributed by atoms with van der Waals surface area (Å²) in [4.78, 5) is 14.0. The summed E-state index contributed by atoms with van der Waals surface area (Å²) >= 11 is 0. The van der Waals surface area contributed by atoms with E-state index >= 15 is 0 Å². The van der Waals surface area contributed by atoms with Gasteiger partial charge in [0, 0.05) is 32.7 Å². The number of aryl methyl sites for hydroxylation is 1.